The Balaban J connectivity index is 1.81. The quantitative estimate of drug-likeness (QED) is 0.389. The van der Waals surface area contributed by atoms with Gasteiger partial charge < -0.3 is 15.9 Å². The summed E-state index contributed by atoms with van der Waals surface area (Å²) in [5, 5.41) is 21.8. The van der Waals surface area contributed by atoms with Crippen LogP contribution >= 0.6 is 0 Å². The van der Waals surface area contributed by atoms with Gasteiger partial charge >= 0.3 is 0 Å². The van der Waals surface area contributed by atoms with Crippen LogP contribution in [0.4, 0.5) is 0 Å². The summed E-state index contributed by atoms with van der Waals surface area (Å²) in [6.07, 6.45) is 0.251. The van der Waals surface area contributed by atoms with Crippen LogP contribution in [0.3, 0.4) is 0 Å². The van der Waals surface area contributed by atoms with Gasteiger partial charge in [0.25, 0.3) is 0 Å². The Kier molecular flexibility index (Phi) is 5.70. The van der Waals surface area contributed by atoms with Crippen LogP contribution < -0.4 is 5.73 Å². The topological polar surface area (TPSA) is 155 Å². The molecule has 4 rings (SSSR count). The van der Waals surface area contributed by atoms with Crippen LogP contribution in [-0.2, 0) is 25.6 Å². The van der Waals surface area contributed by atoms with E-state index in [1.54, 1.807) is 6.07 Å². The van der Waals surface area contributed by atoms with E-state index < -0.39 is 64.2 Å². The molecular weight excluding hydrogens is 440 g/mol. The van der Waals surface area contributed by atoms with Gasteiger partial charge in [0.05, 0.1) is 18.0 Å². The van der Waals surface area contributed by atoms with Gasteiger partial charge in [0.15, 0.2) is 34.7 Å². The van der Waals surface area contributed by atoms with Crippen LogP contribution in [0.25, 0.3) is 0 Å². The average molecular weight is 466 g/mol. The molecule has 0 radical (unpaired) electrons. The van der Waals surface area contributed by atoms with E-state index in [2.05, 4.69) is 11.8 Å². The standard InChI is InChI=1S/C25H26N2O7/c1-11-15-10-13-9-14-12(5-4-8-27(2)3)6-7-16(28)18(14)21(30)17(13)22(31)25(15,34)23(32)19(20(11)29)24(26)33/h6-7,11,13,15,17,19,28,34H,8-10H2,1-3H3,(H2,26,33)/t11-,13-,15-,17?,19?,25-/m0/s1. The fraction of sp³-hybridized carbons (Fsp3) is 0.480. The van der Waals surface area contributed by atoms with E-state index in [0.717, 1.165) is 0 Å². The fourth-order valence-corrected chi connectivity index (χ4v) is 5.70. The smallest absolute Gasteiger partial charge is 0.235 e. The zero-order valence-electron chi connectivity index (χ0n) is 19.1. The molecule has 9 nitrogen and oxygen atoms in total. The van der Waals surface area contributed by atoms with E-state index in [4.69, 9.17) is 5.73 Å². The van der Waals surface area contributed by atoms with Gasteiger partial charge in [-0.25, -0.2) is 0 Å². The molecular formula is C25H26N2O7. The predicted octanol–water partition coefficient (Wildman–Crippen LogP) is -0.514. The zero-order valence-corrected chi connectivity index (χ0v) is 19.1. The molecule has 1 amide bonds. The second kappa shape index (κ2) is 8.15. The average Bonchev–Trinajstić information content (AvgIpc) is 2.75. The van der Waals surface area contributed by atoms with Gasteiger partial charge in [0.2, 0.25) is 5.91 Å². The number of carbonyl (C=O) groups excluding carboxylic acids is 5. The third kappa shape index (κ3) is 3.29. The number of fused-ring (bicyclic) bond motifs is 3. The maximum Gasteiger partial charge on any atom is 0.235 e. The third-order valence-electron chi connectivity index (χ3n) is 7.39. The first-order chi connectivity index (χ1) is 15.9. The van der Waals surface area contributed by atoms with Gasteiger partial charge in [-0.2, -0.15) is 0 Å². The fourth-order valence-electron chi connectivity index (χ4n) is 5.70. The number of nitrogens with two attached hydrogens (primary N) is 1. The van der Waals surface area contributed by atoms with Crippen molar-refractivity contribution >= 4 is 29.0 Å². The molecule has 9 heteroatoms. The molecule has 6 atom stereocenters. The normalized spacial score (nSPS) is 32.4. The predicted molar refractivity (Wildman–Crippen MR) is 118 cm³/mol. The highest BCUT2D eigenvalue weighted by atomic mass is 16.3. The maximum absolute atomic E-state index is 13.5. The molecule has 1 aromatic rings. The highest BCUT2D eigenvalue weighted by Gasteiger charge is 2.68. The third-order valence-corrected chi connectivity index (χ3v) is 7.39. The summed E-state index contributed by atoms with van der Waals surface area (Å²) in [6, 6.07) is 2.94. The lowest BCUT2D eigenvalue weighted by atomic mass is 9.51. The molecule has 2 saturated carbocycles. The van der Waals surface area contributed by atoms with Crippen LogP contribution in [0, 0.1) is 41.4 Å². The van der Waals surface area contributed by atoms with Gasteiger partial charge in [-0.1, -0.05) is 18.8 Å². The highest BCUT2D eigenvalue weighted by Crippen LogP contribution is 2.51. The minimum absolute atomic E-state index is 0.0441. The maximum atomic E-state index is 13.5. The summed E-state index contributed by atoms with van der Waals surface area (Å²) < 4.78 is 0. The molecule has 34 heavy (non-hydrogen) atoms. The van der Waals surface area contributed by atoms with Crippen molar-refractivity contribution < 1.29 is 34.2 Å². The van der Waals surface area contributed by atoms with Gasteiger partial charge in [0.1, 0.15) is 5.75 Å². The number of phenols is 1. The molecule has 2 fully saturated rings. The summed E-state index contributed by atoms with van der Waals surface area (Å²) in [4.78, 5) is 66.4. The summed E-state index contributed by atoms with van der Waals surface area (Å²) in [5.41, 5.74) is 3.57. The van der Waals surface area contributed by atoms with Gasteiger partial charge in [0, 0.05) is 17.4 Å². The number of rotatable bonds is 2. The number of nitrogens with zero attached hydrogens (tertiary/aromatic N) is 1. The monoisotopic (exact) mass is 466 g/mol. The molecule has 3 aliphatic rings. The van der Waals surface area contributed by atoms with Crippen LogP contribution in [0.5, 0.6) is 5.75 Å². The number of amides is 1. The van der Waals surface area contributed by atoms with E-state index in [-0.39, 0.29) is 24.2 Å². The van der Waals surface area contributed by atoms with Crippen LogP contribution in [-0.4, -0.2) is 70.4 Å². The number of hydrogen-bond acceptors (Lipinski definition) is 8. The minimum atomic E-state index is -2.67. The second-order valence-electron chi connectivity index (χ2n) is 9.69. The molecule has 0 saturated heterocycles. The Bertz CT molecular complexity index is 1210. The van der Waals surface area contributed by atoms with Crippen molar-refractivity contribution in [3.63, 3.8) is 0 Å². The minimum Gasteiger partial charge on any atom is -0.507 e. The number of phenolic OH excluding ortho intramolecular Hbond substituents is 1. The van der Waals surface area contributed by atoms with Gasteiger partial charge in [-0.3, -0.25) is 28.9 Å². The van der Waals surface area contributed by atoms with E-state index in [1.165, 1.54) is 13.0 Å². The Morgan fingerprint density at radius 3 is 2.50 bits per heavy atom. The molecule has 3 aliphatic carbocycles. The highest BCUT2D eigenvalue weighted by molar-refractivity contribution is 6.31. The molecule has 1 aromatic carbocycles. The number of hydrogen-bond donors (Lipinski definition) is 3. The Morgan fingerprint density at radius 1 is 1.21 bits per heavy atom. The molecule has 0 aliphatic heterocycles. The largest absolute Gasteiger partial charge is 0.507 e. The van der Waals surface area contributed by atoms with Crippen LogP contribution in [0.2, 0.25) is 0 Å². The van der Waals surface area contributed by atoms with Gasteiger partial charge in [-0.05, 0) is 50.6 Å². The summed E-state index contributed by atoms with van der Waals surface area (Å²) in [5.74, 6) is -5.24. The van der Waals surface area contributed by atoms with Crippen LogP contribution in [0.1, 0.15) is 34.8 Å². The molecule has 0 aromatic heterocycles. The Hall–Kier alpha value is -3.35. The number of carbonyl (C=O) groups is 5. The van der Waals surface area contributed by atoms with Crippen molar-refractivity contribution in [2.24, 2.45) is 35.3 Å². The molecule has 0 bridgehead atoms. The number of aliphatic hydroxyl groups is 1. The van der Waals surface area contributed by atoms with Crippen molar-refractivity contribution in [2.75, 3.05) is 20.6 Å². The van der Waals surface area contributed by atoms with Crippen molar-refractivity contribution in [1.29, 1.82) is 0 Å². The second-order valence-corrected chi connectivity index (χ2v) is 9.69. The van der Waals surface area contributed by atoms with Crippen molar-refractivity contribution in [2.45, 2.75) is 25.4 Å². The first-order valence-electron chi connectivity index (χ1n) is 11.1. The van der Waals surface area contributed by atoms with Gasteiger partial charge in [-0.15, -0.1) is 0 Å². The first-order valence-corrected chi connectivity index (χ1v) is 11.1. The molecule has 0 heterocycles. The lowest BCUT2D eigenvalue weighted by Gasteiger charge is -2.50. The SMILES string of the molecule is C[C@@H]1C(=O)C(C(N)=O)C(=O)[C@@]2(O)C(=O)C3C(=O)c4c(O)ccc(C#CCN(C)C)c4C[C@H]3C[C@@H]12. The van der Waals surface area contributed by atoms with Crippen LogP contribution in [0.15, 0.2) is 12.1 Å². The number of primary amides is 1. The zero-order chi connectivity index (χ0) is 25.1. The Morgan fingerprint density at radius 2 is 1.88 bits per heavy atom. The number of Topliss-reactive ketones (excluding diaryl/α,β-unsaturated/α-hetero) is 4. The lowest BCUT2D eigenvalue weighted by molar-refractivity contribution is -0.180. The van der Waals surface area contributed by atoms with Crippen molar-refractivity contribution in [3.05, 3.63) is 28.8 Å². The van der Waals surface area contributed by atoms with E-state index in [9.17, 15) is 34.2 Å². The summed E-state index contributed by atoms with van der Waals surface area (Å²) in [6.45, 7) is 1.93. The molecule has 178 valence electrons. The number of ketones is 4. The van der Waals surface area contributed by atoms with Crippen molar-refractivity contribution in [1.82, 2.24) is 4.90 Å². The van der Waals surface area contributed by atoms with E-state index in [0.29, 0.717) is 17.7 Å². The van der Waals surface area contributed by atoms with E-state index in [1.807, 2.05) is 19.0 Å². The molecule has 4 N–H and O–H groups in total. The summed E-state index contributed by atoms with van der Waals surface area (Å²) >= 11 is 0. The number of aromatic hydroxyl groups is 1. The first kappa shape index (κ1) is 23.8. The Labute approximate surface area is 196 Å². The van der Waals surface area contributed by atoms with Crippen molar-refractivity contribution in [3.8, 4) is 17.6 Å². The molecule has 2 unspecified atom stereocenters. The van der Waals surface area contributed by atoms with E-state index >= 15 is 0 Å². The number of benzene rings is 1. The molecule has 0 spiro atoms. The lowest BCUT2D eigenvalue weighted by Crippen LogP contribution is -2.70. The summed E-state index contributed by atoms with van der Waals surface area (Å²) in [7, 11) is 3.72.